The molecule has 3 aromatic rings. The van der Waals surface area contributed by atoms with Gasteiger partial charge in [0.1, 0.15) is 0 Å². The van der Waals surface area contributed by atoms with Crippen molar-refractivity contribution in [3.8, 4) is 0 Å². The van der Waals surface area contributed by atoms with E-state index in [9.17, 15) is 9.59 Å². The molecular weight excluding hydrogens is 436 g/mol. The predicted octanol–water partition coefficient (Wildman–Crippen LogP) is 6.25. The number of rotatable bonds is 6. The van der Waals surface area contributed by atoms with Crippen LogP contribution in [0.15, 0.2) is 78.9 Å². The number of hydrogen-bond donors (Lipinski definition) is 1. The van der Waals surface area contributed by atoms with Crippen LogP contribution in [-0.4, -0.2) is 35.3 Å². The van der Waals surface area contributed by atoms with Gasteiger partial charge in [-0.15, -0.1) is 23.5 Å². The van der Waals surface area contributed by atoms with Crippen LogP contribution in [0.5, 0.6) is 0 Å². The minimum Gasteiger partial charge on any atom is -0.335 e. The zero-order chi connectivity index (χ0) is 22.5. The number of hydrogen-bond acceptors (Lipinski definition) is 4. The zero-order valence-corrected chi connectivity index (χ0v) is 19.8. The van der Waals surface area contributed by atoms with E-state index in [2.05, 4.69) is 17.4 Å². The number of amides is 2. The van der Waals surface area contributed by atoms with E-state index in [1.54, 1.807) is 17.0 Å². The van der Waals surface area contributed by atoms with Crippen LogP contribution in [0.4, 0.5) is 5.69 Å². The molecule has 0 aromatic heterocycles. The molecule has 164 valence electrons. The highest BCUT2D eigenvalue weighted by molar-refractivity contribution is 8.19. The van der Waals surface area contributed by atoms with Crippen molar-refractivity contribution < 1.29 is 9.59 Å². The lowest BCUT2D eigenvalue weighted by molar-refractivity contribution is 0.0742. The van der Waals surface area contributed by atoms with E-state index in [0.717, 1.165) is 5.56 Å². The highest BCUT2D eigenvalue weighted by Gasteiger charge is 2.21. The first-order valence-electron chi connectivity index (χ1n) is 10.6. The van der Waals surface area contributed by atoms with Crippen LogP contribution in [-0.2, 0) is 0 Å². The summed E-state index contributed by atoms with van der Waals surface area (Å²) >= 11 is 3.92. The molecule has 0 bridgehead atoms. The fourth-order valence-corrected chi connectivity index (χ4v) is 6.47. The fraction of sp³-hybridized carbons (Fsp3) is 0.231. The van der Waals surface area contributed by atoms with Gasteiger partial charge in [0.2, 0.25) is 0 Å². The van der Waals surface area contributed by atoms with Crippen molar-refractivity contribution in [2.75, 3.05) is 23.9 Å². The molecule has 1 N–H and O–H groups in total. The monoisotopic (exact) mass is 462 g/mol. The molecular formula is C26H26N2O2S2. The standard InChI is InChI=1S/C26H26N2O2S2/c1-18(22-9-6-10-23(17-22)27-24(29)19-7-4-3-5-8-19)28(2)25(30)20-11-13-21(14-12-20)26-31-15-16-32-26/h3-14,17-18,26H,15-16H2,1-2H3,(H,27,29). The number of benzene rings is 3. The maximum Gasteiger partial charge on any atom is 0.255 e. The average Bonchev–Trinajstić information content (AvgIpc) is 3.38. The van der Waals surface area contributed by atoms with Gasteiger partial charge in [-0.1, -0.05) is 42.5 Å². The van der Waals surface area contributed by atoms with E-state index in [1.807, 2.05) is 92.1 Å². The van der Waals surface area contributed by atoms with Crippen molar-refractivity contribution in [3.63, 3.8) is 0 Å². The van der Waals surface area contributed by atoms with Gasteiger partial charge in [0, 0.05) is 35.4 Å². The Hall–Kier alpha value is -2.70. The second kappa shape index (κ2) is 10.3. The van der Waals surface area contributed by atoms with Crippen LogP contribution in [0.2, 0.25) is 0 Å². The summed E-state index contributed by atoms with van der Waals surface area (Å²) in [6, 6.07) is 24.6. The van der Waals surface area contributed by atoms with Crippen LogP contribution in [0.3, 0.4) is 0 Å². The number of thioether (sulfide) groups is 2. The smallest absolute Gasteiger partial charge is 0.255 e. The first kappa shape index (κ1) is 22.5. The first-order valence-corrected chi connectivity index (χ1v) is 12.7. The lowest BCUT2D eigenvalue weighted by Gasteiger charge is -2.26. The summed E-state index contributed by atoms with van der Waals surface area (Å²) in [5.41, 5.74) is 4.23. The molecule has 6 heteroatoms. The molecule has 0 spiro atoms. The van der Waals surface area contributed by atoms with E-state index < -0.39 is 0 Å². The third-order valence-corrected chi connectivity index (χ3v) is 8.72. The highest BCUT2D eigenvalue weighted by Crippen LogP contribution is 2.45. The van der Waals surface area contributed by atoms with Crippen molar-refractivity contribution in [1.82, 2.24) is 4.90 Å². The summed E-state index contributed by atoms with van der Waals surface area (Å²) in [6.07, 6.45) is 0. The molecule has 2 amide bonds. The zero-order valence-electron chi connectivity index (χ0n) is 18.2. The second-order valence-electron chi connectivity index (χ2n) is 7.73. The largest absolute Gasteiger partial charge is 0.335 e. The topological polar surface area (TPSA) is 49.4 Å². The van der Waals surface area contributed by atoms with Gasteiger partial charge in [-0.05, 0) is 54.4 Å². The van der Waals surface area contributed by atoms with E-state index in [0.29, 0.717) is 21.4 Å². The number of nitrogens with zero attached hydrogens (tertiary/aromatic N) is 1. The Morgan fingerprint density at radius 3 is 2.28 bits per heavy atom. The summed E-state index contributed by atoms with van der Waals surface area (Å²) in [7, 11) is 1.82. The van der Waals surface area contributed by atoms with Crippen molar-refractivity contribution >= 4 is 41.0 Å². The normalized spacial score (nSPS) is 14.7. The van der Waals surface area contributed by atoms with Crippen LogP contribution >= 0.6 is 23.5 Å². The van der Waals surface area contributed by atoms with Gasteiger partial charge < -0.3 is 10.2 Å². The van der Waals surface area contributed by atoms with Crippen molar-refractivity contribution in [2.45, 2.75) is 17.5 Å². The van der Waals surface area contributed by atoms with Crippen molar-refractivity contribution in [1.29, 1.82) is 0 Å². The van der Waals surface area contributed by atoms with Crippen LogP contribution in [0.1, 0.15) is 49.4 Å². The molecule has 0 radical (unpaired) electrons. The molecule has 1 fully saturated rings. The van der Waals surface area contributed by atoms with Crippen LogP contribution < -0.4 is 5.32 Å². The predicted molar refractivity (Wildman–Crippen MR) is 135 cm³/mol. The molecule has 1 aliphatic rings. The molecule has 1 unspecified atom stereocenters. The van der Waals surface area contributed by atoms with Gasteiger partial charge >= 0.3 is 0 Å². The van der Waals surface area contributed by atoms with Crippen LogP contribution in [0.25, 0.3) is 0 Å². The Morgan fingerprint density at radius 1 is 0.906 bits per heavy atom. The first-order chi connectivity index (χ1) is 15.5. The average molecular weight is 463 g/mol. The Bertz CT molecular complexity index is 1080. The molecule has 0 aliphatic carbocycles. The molecule has 1 heterocycles. The second-order valence-corrected chi connectivity index (χ2v) is 10.5. The minimum absolute atomic E-state index is 0.0190. The van der Waals surface area contributed by atoms with Gasteiger partial charge in [0.25, 0.3) is 11.8 Å². The molecule has 4 nitrogen and oxygen atoms in total. The van der Waals surface area contributed by atoms with Crippen molar-refractivity contribution in [2.24, 2.45) is 0 Å². The number of carbonyl (C=O) groups excluding carboxylic acids is 2. The summed E-state index contributed by atoms with van der Waals surface area (Å²) < 4.78 is 0.477. The number of anilines is 1. The van der Waals surface area contributed by atoms with Crippen molar-refractivity contribution in [3.05, 3.63) is 101 Å². The molecule has 1 aliphatic heterocycles. The summed E-state index contributed by atoms with van der Waals surface area (Å²) in [5, 5.41) is 2.94. The summed E-state index contributed by atoms with van der Waals surface area (Å²) in [4.78, 5) is 27.3. The van der Waals surface area contributed by atoms with Gasteiger partial charge in [-0.3, -0.25) is 9.59 Å². The van der Waals surface area contributed by atoms with Gasteiger partial charge in [0.15, 0.2) is 0 Å². The summed E-state index contributed by atoms with van der Waals surface area (Å²) in [6.45, 7) is 2.00. The van der Waals surface area contributed by atoms with Gasteiger partial charge in [-0.25, -0.2) is 0 Å². The van der Waals surface area contributed by atoms with Crippen LogP contribution in [0, 0.1) is 0 Å². The highest BCUT2D eigenvalue weighted by atomic mass is 32.2. The molecule has 32 heavy (non-hydrogen) atoms. The van der Waals surface area contributed by atoms with E-state index in [-0.39, 0.29) is 17.9 Å². The quantitative estimate of drug-likeness (QED) is 0.470. The Labute approximate surface area is 197 Å². The third-order valence-electron chi connectivity index (χ3n) is 5.62. The molecule has 1 atom stereocenters. The molecule has 4 rings (SSSR count). The lowest BCUT2D eigenvalue weighted by Crippen LogP contribution is -2.29. The number of nitrogens with one attached hydrogen (secondary N) is 1. The van der Waals surface area contributed by atoms with E-state index >= 15 is 0 Å². The Kier molecular flexibility index (Phi) is 7.22. The summed E-state index contributed by atoms with van der Waals surface area (Å²) in [5.74, 6) is 2.19. The molecule has 1 saturated heterocycles. The van der Waals surface area contributed by atoms with E-state index in [1.165, 1.54) is 17.1 Å². The third kappa shape index (κ3) is 5.19. The number of carbonyl (C=O) groups is 2. The maximum atomic E-state index is 13.1. The lowest BCUT2D eigenvalue weighted by atomic mass is 10.0. The SMILES string of the molecule is CC(c1cccc(NC(=O)c2ccccc2)c1)N(C)C(=O)c1ccc(C2SCCS2)cc1. The Balaban J connectivity index is 1.44. The minimum atomic E-state index is -0.154. The van der Waals surface area contributed by atoms with Gasteiger partial charge in [0.05, 0.1) is 10.6 Å². The molecule has 0 saturated carbocycles. The fourth-order valence-electron chi connectivity index (χ4n) is 3.61. The Morgan fingerprint density at radius 2 is 1.59 bits per heavy atom. The molecule has 3 aromatic carbocycles. The maximum absolute atomic E-state index is 13.1. The van der Waals surface area contributed by atoms with E-state index in [4.69, 9.17) is 0 Å². The van der Waals surface area contributed by atoms with Gasteiger partial charge in [-0.2, -0.15) is 0 Å².